The van der Waals surface area contributed by atoms with Crippen LogP contribution in [0.15, 0.2) is 30.5 Å². The van der Waals surface area contributed by atoms with E-state index in [-0.39, 0.29) is 6.04 Å². The van der Waals surface area contributed by atoms with Crippen molar-refractivity contribution in [1.82, 2.24) is 4.98 Å². The standard InChI is InChI=1S/C13H16N2OS/c1-3-9-6-7-11(17-9)12(14)10-5-4-8-15-13(10)16-2/h4-8,12H,3,14H2,1-2H3. The van der Waals surface area contributed by atoms with Crippen LogP contribution >= 0.6 is 11.3 Å². The van der Waals surface area contributed by atoms with Crippen LogP contribution in [-0.4, -0.2) is 12.1 Å². The maximum absolute atomic E-state index is 6.25. The van der Waals surface area contributed by atoms with E-state index < -0.39 is 0 Å². The van der Waals surface area contributed by atoms with Crippen LogP contribution in [0.4, 0.5) is 0 Å². The average Bonchev–Trinajstić information content (AvgIpc) is 2.86. The van der Waals surface area contributed by atoms with Crippen molar-refractivity contribution in [3.8, 4) is 5.88 Å². The Bertz CT molecular complexity index is 496. The fraction of sp³-hybridized carbons (Fsp3) is 0.308. The number of aryl methyl sites for hydroxylation is 1. The molecule has 0 aliphatic rings. The number of thiophene rings is 1. The minimum atomic E-state index is -0.163. The molecular weight excluding hydrogens is 232 g/mol. The Balaban J connectivity index is 2.32. The van der Waals surface area contributed by atoms with Crippen LogP contribution in [0.3, 0.4) is 0 Å². The first-order valence-electron chi connectivity index (χ1n) is 5.59. The maximum Gasteiger partial charge on any atom is 0.218 e. The van der Waals surface area contributed by atoms with Crippen LogP contribution in [-0.2, 0) is 6.42 Å². The minimum Gasteiger partial charge on any atom is -0.481 e. The van der Waals surface area contributed by atoms with Gasteiger partial charge in [0.15, 0.2) is 0 Å². The van der Waals surface area contributed by atoms with Crippen molar-refractivity contribution in [1.29, 1.82) is 0 Å². The van der Waals surface area contributed by atoms with Crippen molar-refractivity contribution in [2.24, 2.45) is 5.73 Å². The second-order valence-corrected chi connectivity index (χ2v) is 4.94. The summed E-state index contributed by atoms with van der Waals surface area (Å²) in [6.07, 6.45) is 2.75. The topological polar surface area (TPSA) is 48.1 Å². The predicted octanol–water partition coefficient (Wildman–Crippen LogP) is 2.76. The zero-order chi connectivity index (χ0) is 12.3. The molecule has 90 valence electrons. The highest BCUT2D eigenvalue weighted by Gasteiger charge is 2.16. The largest absolute Gasteiger partial charge is 0.481 e. The van der Waals surface area contributed by atoms with E-state index in [4.69, 9.17) is 10.5 Å². The van der Waals surface area contributed by atoms with E-state index in [1.165, 1.54) is 4.88 Å². The summed E-state index contributed by atoms with van der Waals surface area (Å²) < 4.78 is 5.23. The number of hydrogen-bond acceptors (Lipinski definition) is 4. The van der Waals surface area contributed by atoms with Crippen molar-refractivity contribution in [3.63, 3.8) is 0 Å². The molecule has 1 unspecified atom stereocenters. The Morgan fingerprint density at radius 2 is 2.24 bits per heavy atom. The van der Waals surface area contributed by atoms with Gasteiger partial charge in [0.25, 0.3) is 0 Å². The van der Waals surface area contributed by atoms with Gasteiger partial charge in [-0.1, -0.05) is 13.0 Å². The molecule has 0 saturated heterocycles. The number of nitrogens with zero attached hydrogens (tertiary/aromatic N) is 1. The normalized spacial score (nSPS) is 12.4. The first kappa shape index (κ1) is 12.1. The van der Waals surface area contributed by atoms with Gasteiger partial charge in [-0.25, -0.2) is 4.98 Å². The van der Waals surface area contributed by atoms with E-state index >= 15 is 0 Å². The molecule has 2 heterocycles. The Kier molecular flexibility index (Phi) is 3.76. The highest BCUT2D eigenvalue weighted by atomic mass is 32.1. The van der Waals surface area contributed by atoms with E-state index in [0.717, 1.165) is 16.9 Å². The average molecular weight is 248 g/mol. The number of pyridine rings is 1. The molecule has 2 aromatic rings. The summed E-state index contributed by atoms with van der Waals surface area (Å²) in [6.45, 7) is 2.14. The highest BCUT2D eigenvalue weighted by molar-refractivity contribution is 7.12. The number of methoxy groups -OCH3 is 1. The predicted molar refractivity (Wildman–Crippen MR) is 70.5 cm³/mol. The van der Waals surface area contributed by atoms with Crippen molar-refractivity contribution < 1.29 is 4.74 Å². The Hall–Kier alpha value is -1.39. The fourth-order valence-corrected chi connectivity index (χ4v) is 2.69. The molecular formula is C13H16N2OS. The van der Waals surface area contributed by atoms with Gasteiger partial charge in [-0.05, 0) is 24.6 Å². The molecule has 3 nitrogen and oxygen atoms in total. The lowest BCUT2D eigenvalue weighted by molar-refractivity contribution is 0.391. The van der Waals surface area contributed by atoms with Crippen LogP contribution in [0.5, 0.6) is 5.88 Å². The highest BCUT2D eigenvalue weighted by Crippen LogP contribution is 2.30. The lowest BCUT2D eigenvalue weighted by Gasteiger charge is -2.12. The molecule has 0 aliphatic heterocycles. The molecule has 0 fully saturated rings. The van der Waals surface area contributed by atoms with Crippen LogP contribution < -0.4 is 10.5 Å². The Morgan fingerprint density at radius 1 is 1.41 bits per heavy atom. The lowest BCUT2D eigenvalue weighted by Crippen LogP contribution is -2.12. The molecule has 17 heavy (non-hydrogen) atoms. The summed E-state index contributed by atoms with van der Waals surface area (Å²) in [7, 11) is 1.62. The zero-order valence-corrected chi connectivity index (χ0v) is 10.8. The SMILES string of the molecule is CCc1ccc(C(N)c2cccnc2OC)s1. The first-order chi connectivity index (χ1) is 8.26. The summed E-state index contributed by atoms with van der Waals surface area (Å²) in [5.74, 6) is 0.603. The van der Waals surface area contributed by atoms with Gasteiger partial charge < -0.3 is 10.5 Å². The molecule has 0 saturated carbocycles. The van der Waals surface area contributed by atoms with Gasteiger partial charge in [0.05, 0.1) is 13.2 Å². The summed E-state index contributed by atoms with van der Waals surface area (Å²) in [6, 6.07) is 7.89. The van der Waals surface area contributed by atoms with Crippen LogP contribution in [0.2, 0.25) is 0 Å². The van der Waals surface area contributed by atoms with E-state index in [1.54, 1.807) is 24.6 Å². The van der Waals surface area contributed by atoms with Gasteiger partial charge in [-0.3, -0.25) is 0 Å². The number of ether oxygens (including phenoxy) is 1. The number of nitrogens with two attached hydrogens (primary N) is 1. The van der Waals surface area contributed by atoms with Crippen molar-refractivity contribution in [2.75, 3.05) is 7.11 Å². The summed E-state index contributed by atoms with van der Waals surface area (Å²) in [5.41, 5.74) is 7.18. The number of rotatable bonds is 4. The van der Waals surface area contributed by atoms with Gasteiger partial charge in [-0.2, -0.15) is 0 Å². The molecule has 0 amide bonds. The number of hydrogen-bond donors (Lipinski definition) is 1. The summed E-state index contributed by atoms with van der Waals surface area (Å²) in [5, 5.41) is 0. The van der Waals surface area contributed by atoms with Gasteiger partial charge >= 0.3 is 0 Å². The quantitative estimate of drug-likeness (QED) is 0.905. The minimum absolute atomic E-state index is 0.163. The fourth-order valence-electron chi connectivity index (χ4n) is 1.72. The number of aromatic nitrogens is 1. The van der Waals surface area contributed by atoms with Crippen molar-refractivity contribution >= 4 is 11.3 Å². The monoisotopic (exact) mass is 248 g/mol. The summed E-state index contributed by atoms with van der Waals surface area (Å²) in [4.78, 5) is 6.67. The molecule has 1 atom stereocenters. The van der Waals surface area contributed by atoms with E-state index in [9.17, 15) is 0 Å². The Morgan fingerprint density at radius 3 is 2.88 bits per heavy atom. The molecule has 0 aromatic carbocycles. The second-order valence-electron chi connectivity index (χ2n) is 3.74. The molecule has 2 rings (SSSR count). The molecule has 0 aliphatic carbocycles. The smallest absolute Gasteiger partial charge is 0.218 e. The molecule has 0 radical (unpaired) electrons. The van der Waals surface area contributed by atoms with Crippen molar-refractivity contribution in [3.05, 3.63) is 45.8 Å². The van der Waals surface area contributed by atoms with E-state index in [2.05, 4.69) is 24.0 Å². The van der Waals surface area contributed by atoms with Gasteiger partial charge in [0.1, 0.15) is 0 Å². The molecule has 0 spiro atoms. The van der Waals surface area contributed by atoms with Crippen LogP contribution in [0.1, 0.15) is 28.3 Å². The third kappa shape index (κ3) is 2.48. The van der Waals surface area contributed by atoms with Crippen LogP contribution in [0, 0.1) is 0 Å². The van der Waals surface area contributed by atoms with Crippen molar-refractivity contribution in [2.45, 2.75) is 19.4 Å². The third-order valence-corrected chi connectivity index (χ3v) is 3.98. The molecule has 2 aromatic heterocycles. The van der Waals surface area contributed by atoms with Gasteiger partial charge in [-0.15, -0.1) is 11.3 Å². The van der Waals surface area contributed by atoms with Crippen LogP contribution in [0.25, 0.3) is 0 Å². The summed E-state index contributed by atoms with van der Waals surface area (Å²) >= 11 is 1.75. The van der Waals surface area contributed by atoms with E-state index in [1.807, 2.05) is 12.1 Å². The second kappa shape index (κ2) is 5.29. The van der Waals surface area contributed by atoms with E-state index in [0.29, 0.717) is 5.88 Å². The lowest BCUT2D eigenvalue weighted by atomic mass is 10.1. The molecule has 2 N–H and O–H groups in total. The molecule has 0 bridgehead atoms. The third-order valence-electron chi connectivity index (χ3n) is 2.67. The maximum atomic E-state index is 6.25. The van der Waals surface area contributed by atoms with Gasteiger partial charge in [0, 0.05) is 21.5 Å². The Labute approximate surface area is 105 Å². The van der Waals surface area contributed by atoms with Gasteiger partial charge in [0.2, 0.25) is 5.88 Å². The molecule has 4 heteroatoms. The first-order valence-corrected chi connectivity index (χ1v) is 6.41. The zero-order valence-electron chi connectivity index (χ0n) is 10.0.